The molecule has 0 saturated carbocycles. The Balaban J connectivity index is 1.98. The molecule has 5 heteroatoms. The number of aromatic nitrogens is 1. The molecule has 1 saturated heterocycles. The van der Waals surface area contributed by atoms with Gasteiger partial charge in [0.25, 0.3) is 0 Å². The van der Waals surface area contributed by atoms with Gasteiger partial charge in [0.1, 0.15) is 0 Å². The van der Waals surface area contributed by atoms with Gasteiger partial charge in [0, 0.05) is 12.4 Å². The topological polar surface area (TPSA) is 63.2 Å². The van der Waals surface area contributed by atoms with E-state index in [1.807, 2.05) is 26.0 Å². The van der Waals surface area contributed by atoms with Crippen LogP contribution in [0.5, 0.6) is 0 Å². The average Bonchev–Trinajstić information content (AvgIpc) is 2.64. The Morgan fingerprint density at radius 2 is 2.00 bits per heavy atom. The number of rotatable bonds is 4. The van der Waals surface area contributed by atoms with Crippen molar-refractivity contribution in [2.24, 2.45) is 0 Å². The number of amides is 2. The maximum Gasteiger partial charge on any atom is 0.315 e. The number of nitrogens with zero attached hydrogens (tertiary/aromatic N) is 1. The molecule has 1 aromatic rings. The summed E-state index contributed by atoms with van der Waals surface area (Å²) in [5.74, 6) is 0. The Kier molecular flexibility index (Phi) is 4.75. The Hall–Kier alpha value is -1.62. The number of carbonyl (C=O) groups excluding carboxylic acids is 1. The van der Waals surface area contributed by atoms with Crippen LogP contribution in [0.4, 0.5) is 4.79 Å². The zero-order valence-corrected chi connectivity index (χ0v) is 14.1. The van der Waals surface area contributed by atoms with Crippen molar-refractivity contribution in [3.63, 3.8) is 0 Å². The highest BCUT2D eigenvalue weighted by atomic mass is 16.5. The second kappa shape index (κ2) is 6.24. The summed E-state index contributed by atoms with van der Waals surface area (Å²) in [6, 6.07) is 3.70. The summed E-state index contributed by atoms with van der Waals surface area (Å²) in [4.78, 5) is 16.4. The smallest absolute Gasteiger partial charge is 0.315 e. The Morgan fingerprint density at radius 1 is 1.36 bits per heavy atom. The maximum absolute atomic E-state index is 12.3. The van der Waals surface area contributed by atoms with Gasteiger partial charge in [-0.2, -0.15) is 0 Å². The van der Waals surface area contributed by atoms with Gasteiger partial charge in [0.15, 0.2) is 0 Å². The van der Waals surface area contributed by atoms with Crippen LogP contribution >= 0.6 is 0 Å². The molecule has 1 fully saturated rings. The van der Waals surface area contributed by atoms with Gasteiger partial charge in [-0.15, -0.1) is 0 Å². The van der Waals surface area contributed by atoms with Crippen molar-refractivity contribution in [2.75, 3.05) is 0 Å². The van der Waals surface area contributed by atoms with E-state index in [-0.39, 0.29) is 29.3 Å². The van der Waals surface area contributed by atoms with Gasteiger partial charge in [-0.05, 0) is 58.2 Å². The predicted octanol–water partition coefficient (Wildman–Crippen LogP) is 3.18. The van der Waals surface area contributed by atoms with E-state index in [0.717, 1.165) is 18.4 Å². The molecule has 1 aliphatic heterocycles. The Labute approximate surface area is 132 Å². The highest BCUT2D eigenvalue weighted by Crippen LogP contribution is 2.37. The van der Waals surface area contributed by atoms with Crippen LogP contribution in [-0.2, 0) is 4.74 Å². The fourth-order valence-corrected chi connectivity index (χ4v) is 3.16. The van der Waals surface area contributed by atoms with Crippen LogP contribution in [0, 0.1) is 0 Å². The van der Waals surface area contributed by atoms with Crippen LogP contribution in [0.3, 0.4) is 0 Å². The molecule has 0 aromatic carbocycles. The van der Waals surface area contributed by atoms with Crippen molar-refractivity contribution >= 4 is 6.03 Å². The fraction of sp³-hybridized carbons (Fsp3) is 0.647. The average molecular weight is 305 g/mol. The van der Waals surface area contributed by atoms with E-state index < -0.39 is 0 Å². The van der Waals surface area contributed by atoms with Crippen LogP contribution < -0.4 is 10.6 Å². The number of nitrogens with one attached hydrogen (secondary N) is 2. The summed E-state index contributed by atoms with van der Waals surface area (Å²) in [6.07, 6.45) is 5.12. The zero-order chi connectivity index (χ0) is 16.4. The first-order valence-electron chi connectivity index (χ1n) is 7.90. The first kappa shape index (κ1) is 16.7. The lowest BCUT2D eigenvalue weighted by Gasteiger charge is -2.28. The van der Waals surface area contributed by atoms with Gasteiger partial charge in [0.05, 0.1) is 23.3 Å². The van der Waals surface area contributed by atoms with Crippen molar-refractivity contribution < 1.29 is 9.53 Å². The van der Waals surface area contributed by atoms with E-state index in [1.165, 1.54) is 0 Å². The van der Waals surface area contributed by atoms with Gasteiger partial charge in [0.2, 0.25) is 0 Å². The van der Waals surface area contributed by atoms with Gasteiger partial charge in [-0.1, -0.05) is 6.92 Å². The van der Waals surface area contributed by atoms with Crippen LogP contribution in [0.2, 0.25) is 0 Å². The normalized spacial score (nSPS) is 23.8. The van der Waals surface area contributed by atoms with E-state index in [4.69, 9.17) is 4.74 Å². The number of urea groups is 1. The van der Waals surface area contributed by atoms with Gasteiger partial charge in [-0.3, -0.25) is 4.98 Å². The number of pyridine rings is 1. The SMILES string of the molecule is CC[C@@H](NC(=O)N[C@H]1CC(C)(C)OC1(C)C)c1ccncc1. The lowest BCUT2D eigenvalue weighted by Crippen LogP contribution is -2.50. The number of carbonyl (C=O) groups is 1. The third kappa shape index (κ3) is 3.97. The van der Waals surface area contributed by atoms with Crippen molar-refractivity contribution in [1.29, 1.82) is 0 Å². The first-order valence-corrected chi connectivity index (χ1v) is 7.90. The van der Waals surface area contributed by atoms with Crippen LogP contribution in [-0.4, -0.2) is 28.3 Å². The Morgan fingerprint density at radius 3 is 2.50 bits per heavy atom. The summed E-state index contributed by atoms with van der Waals surface area (Å²) < 4.78 is 6.01. The molecule has 0 spiro atoms. The highest BCUT2D eigenvalue weighted by Gasteiger charge is 2.46. The number of hydrogen-bond donors (Lipinski definition) is 2. The first-order chi connectivity index (χ1) is 10.2. The van der Waals surface area contributed by atoms with E-state index in [1.54, 1.807) is 12.4 Å². The summed E-state index contributed by atoms with van der Waals surface area (Å²) in [5.41, 5.74) is 0.491. The molecule has 0 unspecified atom stereocenters. The molecule has 0 aliphatic carbocycles. The molecule has 2 amide bonds. The molecule has 2 heterocycles. The third-order valence-electron chi connectivity index (χ3n) is 4.20. The van der Waals surface area contributed by atoms with Gasteiger partial charge >= 0.3 is 6.03 Å². The fourth-order valence-electron chi connectivity index (χ4n) is 3.16. The molecule has 0 bridgehead atoms. The van der Waals surface area contributed by atoms with Gasteiger partial charge in [-0.25, -0.2) is 4.79 Å². The minimum absolute atomic E-state index is 0.00236. The Bertz CT molecular complexity index is 514. The zero-order valence-electron chi connectivity index (χ0n) is 14.1. The monoisotopic (exact) mass is 305 g/mol. The molecule has 2 N–H and O–H groups in total. The third-order valence-corrected chi connectivity index (χ3v) is 4.20. The van der Waals surface area contributed by atoms with Crippen LogP contribution in [0.1, 0.15) is 59.1 Å². The number of ether oxygens (including phenoxy) is 1. The molecule has 1 aliphatic rings. The van der Waals surface area contributed by atoms with Crippen molar-refractivity contribution in [3.05, 3.63) is 30.1 Å². The molecule has 22 heavy (non-hydrogen) atoms. The van der Waals surface area contributed by atoms with Crippen LogP contribution in [0.25, 0.3) is 0 Å². The van der Waals surface area contributed by atoms with E-state index >= 15 is 0 Å². The second-order valence-electron chi connectivity index (χ2n) is 7.08. The molecule has 5 nitrogen and oxygen atoms in total. The quantitative estimate of drug-likeness (QED) is 0.898. The molecule has 2 atom stereocenters. The summed E-state index contributed by atoms with van der Waals surface area (Å²) in [6.45, 7) is 10.2. The lowest BCUT2D eigenvalue weighted by atomic mass is 9.94. The largest absolute Gasteiger partial charge is 0.367 e. The molecule has 1 aromatic heterocycles. The van der Waals surface area contributed by atoms with Gasteiger partial charge < -0.3 is 15.4 Å². The molecule has 2 rings (SSSR count). The van der Waals surface area contributed by atoms with Crippen molar-refractivity contribution in [1.82, 2.24) is 15.6 Å². The minimum atomic E-state index is -0.362. The minimum Gasteiger partial charge on any atom is -0.367 e. The summed E-state index contributed by atoms with van der Waals surface area (Å²) in [5, 5.41) is 6.11. The lowest BCUT2D eigenvalue weighted by molar-refractivity contribution is -0.0690. The molecule has 0 radical (unpaired) electrons. The van der Waals surface area contributed by atoms with Crippen LogP contribution in [0.15, 0.2) is 24.5 Å². The summed E-state index contributed by atoms with van der Waals surface area (Å²) in [7, 11) is 0. The maximum atomic E-state index is 12.3. The molecular formula is C17H27N3O2. The second-order valence-corrected chi connectivity index (χ2v) is 7.08. The van der Waals surface area contributed by atoms with Crippen molar-refractivity contribution in [2.45, 2.75) is 70.7 Å². The summed E-state index contributed by atoms with van der Waals surface area (Å²) >= 11 is 0. The van der Waals surface area contributed by atoms with E-state index in [0.29, 0.717) is 0 Å². The predicted molar refractivity (Wildman–Crippen MR) is 86.6 cm³/mol. The van der Waals surface area contributed by atoms with E-state index in [9.17, 15) is 4.79 Å². The standard InChI is InChI=1S/C17H27N3O2/c1-6-13(12-7-9-18-10-8-12)19-15(21)20-14-11-16(2,3)22-17(14,4)5/h7-10,13-14H,6,11H2,1-5H3,(H2,19,20,21)/t13-,14+/m1/s1. The van der Waals surface area contributed by atoms with Crippen molar-refractivity contribution in [3.8, 4) is 0 Å². The highest BCUT2D eigenvalue weighted by molar-refractivity contribution is 5.75. The van der Waals surface area contributed by atoms with E-state index in [2.05, 4.69) is 36.4 Å². The molecule has 122 valence electrons. The number of hydrogen-bond acceptors (Lipinski definition) is 3. The molecular weight excluding hydrogens is 278 g/mol.